The Morgan fingerprint density at radius 2 is 1.56 bits per heavy atom. The molecule has 3 aromatic carbocycles. The Bertz CT molecular complexity index is 1000. The van der Waals surface area contributed by atoms with Crippen molar-refractivity contribution in [1.29, 1.82) is 0 Å². The SMILES string of the molecule is O=C(Nc1ccccc1F)C1Cc2ccccc2N1C(=O)c1ccccc1. The number of carbonyl (C=O) groups is 2. The van der Waals surface area contributed by atoms with Gasteiger partial charge in [0.2, 0.25) is 5.91 Å². The lowest BCUT2D eigenvalue weighted by Gasteiger charge is -2.25. The minimum Gasteiger partial charge on any atom is -0.322 e. The molecule has 4 rings (SSSR count). The highest BCUT2D eigenvalue weighted by atomic mass is 19.1. The van der Waals surface area contributed by atoms with Gasteiger partial charge in [-0.2, -0.15) is 0 Å². The molecule has 0 saturated carbocycles. The van der Waals surface area contributed by atoms with Crippen LogP contribution in [0.5, 0.6) is 0 Å². The molecule has 0 spiro atoms. The highest BCUT2D eigenvalue weighted by molar-refractivity contribution is 6.13. The maximum absolute atomic E-state index is 13.9. The summed E-state index contributed by atoms with van der Waals surface area (Å²) in [5.74, 6) is -1.18. The van der Waals surface area contributed by atoms with Crippen molar-refractivity contribution in [2.45, 2.75) is 12.5 Å². The zero-order chi connectivity index (χ0) is 18.8. The molecule has 0 radical (unpaired) electrons. The lowest BCUT2D eigenvalue weighted by Crippen LogP contribution is -2.45. The van der Waals surface area contributed by atoms with Crippen LogP contribution >= 0.6 is 0 Å². The van der Waals surface area contributed by atoms with E-state index in [9.17, 15) is 14.0 Å². The average molecular weight is 360 g/mol. The van der Waals surface area contributed by atoms with Gasteiger partial charge in [0.15, 0.2) is 0 Å². The molecule has 0 bridgehead atoms. The Morgan fingerprint density at radius 1 is 0.889 bits per heavy atom. The number of carbonyl (C=O) groups excluding carboxylic acids is 2. The largest absolute Gasteiger partial charge is 0.322 e. The quantitative estimate of drug-likeness (QED) is 0.766. The fourth-order valence-corrected chi connectivity index (χ4v) is 3.35. The van der Waals surface area contributed by atoms with E-state index in [1.807, 2.05) is 30.3 Å². The Morgan fingerprint density at radius 3 is 2.33 bits per heavy atom. The first-order chi connectivity index (χ1) is 13.1. The van der Waals surface area contributed by atoms with Gasteiger partial charge in [0.25, 0.3) is 5.91 Å². The Labute approximate surface area is 156 Å². The summed E-state index contributed by atoms with van der Waals surface area (Å²) in [5.41, 5.74) is 2.22. The van der Waals surface area contributed by atoms with Crippen LogP contribution in [-0.4, -0.2) is 17.9 Å². The van der Waals surface area contributed by atoms with Gasteiger partial charge in [-0.25, -0.2) is 4.39 Å². The molecule has 1 aliphatic rings. The molecule has 1 aliphatic heterocycles. The Balaban J connectivity index is 1.68. The van der Waals surface area contributed by atoms with E-state index in [1.165, 1.54) is 17.0 Å². The van der Waals surface area contributed by atoms with Crippen LogP contribution in [0, 0.1) is 5.82 Å². The van der Waals surface area contributed by atoms with Crippen LogP contribution in [0.1, 0.15) is 15.9 Å². The predicted molar refractivity (Wildman–Crippen MR) is 102 cm³/mol. The van der Waals surface area contributed by atoms with E-state index in [2.05, 4.69) is 5.32 Å². The fraction of sp³-hybridized carbons (Fsp3) is 0.0909. The number of nitrogens with zero attached hydrogens (tertiary/aromatic N) is 1. The third-order valence-electron chi connectivity index (χ3n) is 4.65. The number of fused-ring (bicyclic) bond motifs is 1. The molecule has 4 nitrogen and oxygen atoms in total. The van der Waals surface area contributed by atoms with Crippen LogP contribution in [0.3, 0.4) is 0 Å². The van der Waals surface area contributed by atoms with Crippen molar-refractivity contribution < 1.29 is 14.0 Å². The molecule has 0 aromatic heterocycles. The van der Waals surface area contributed by atoms with Crippen LogP contribution in [-0.2, 0) is 11.2 Å². The summed E-state index contributed by atoms with van der Waals surface area (Å²) in [6.07, 6.45) is 0.384. The molecule has 2 amide bonds. The van der Waals surface area contributed by atoms with E-state index in [-0.39, 0.29) is 11.6 Å². The third-order valence-corrected chi connectivity index (χ3v) is 4.65. The maximum atomic E-state index is 13.9. The standard InChI is InChI=1S/C22H17FN2O2/c23-17-11-5-6-12-18(17)24-21(26)20-14-16-10-4-7-13-19(16)25(20)22(27)15-8-2-1-3-9-15/h1-13,20H,14H2,(H,24,26). The first-order valence-electron chi connectivity index (χ1n) is 8.67. The van der Waals surface area contributed by atoms with Crippen molar-refractivity contribution in [2.24, 2.45) is 0 Å². The molecular weight excluding hydrogens is 343 g/mol. The van der Waals surface area contributed by atoms with Gasteiger partial charge in [-0.05, 0) is 35.9 Å². The molecule has 1 heterocycles. The number of nitrogens with one attached hydrogen (secondary N) is 1. The molecule has 0 aliphatic carbocycles. The first-order valence-corrected chi connectivity index (χ1v) is 8.67. The topological polar surface area (TPSA) is 49.4 Å². The van der Waals surface area contributed by atoms with E-state index in [1.54, 1.807) is 36.4 Å². The molecular formula is C22H17FN2O2. The zero-order valence-corrected chi connectivity index (χ0v) is 14.4. The van der Waals surface area contributed by atoms with Gasteiger partial charge in [0, 0.05) is 17.7 Å². The number of hydrogen-bond donors (Lipinski definition) is 1. The number of hydrogen-bond acceptors (Lipinski definition) is 2. The summed E-state index contributed by atoms with van der Waals surface area (Å²) in [4.78, 5) is 27.5. The van der Waals surface area contributed by atoms with Crippen LogP contribution in [0.15, 0.2) is 78.9 Å². The fourth-order valence-electron chi connectivity index (χ4n) is 3.35. The van der Waals surface area contributed by atoms with Crippen LogP contribution < -0.4 is 10.2 Å². The minimum absolute atomic E-state index is 0.102. The third kappa shape index (κ3) is 3.19. The van der Waals surface area contributed by atoms with E-state index < -0.39 is 17.8 Å². The molecule has 1 unspecified atom stereocenters. The molecule has 0 fully saturated rings. The van der Waals surface area contributed by atoms with Gasteiger partial charge in [0.1, 0.15) is 11.9 Å². The van der Waals surface area contributed by atoms with Crippen molar-refractivity contribution >= 4 is 23.2 Å². The van der Waals surface area contributed by atoms with Gasteiger partial charge in [-0.3, -0.25) is 14.5 Å². The number of para-hydroxylation sites is 2. The molecule has 3 aromatic rings. The van der Waals surface area contributed by atoms with Gasteiger partial charge >= 0.3 is 0 Å². The summed E-state index contributed by atoms with van der Waals surface area (Å²) in [6.45, 7) is 0. The summed E-state index contributed by atoms with van der Waals surface area (Å²) in [6, 6.07) is 21.5. The van der Waals surface area contributed by atoms with Gasteiger partial charge < -0.3 is 5.32 Å². The normalized spacial score (nSPS) is 15.3. The molecule has 5 heteroatoms. The van der Waals surface area contributed by atoms with Crippen molar-refractivity contribution in [2.75, 3.05) is 10.2 Å². The number of halogens is 1. The number of anilines is 2. The zero-order valence-electron chi connectivity index (χ0n) is 14.4. The lowest BCUT2D eigenvalue weighted by molar-refractivity contribution is -0.117. The summed E-state index contributed by atoms with van der Waals surface area (Å²) in [7, 11) is 0. The minimum atomic E-state index is -0.741. The van der Waals surface area contributed by atoms with E-state index in [4.69, 9.17) is 0 Å². The second-order valence-electron chi connectivity index (χ2n) is 6.36. The number of amides is 2. The smallest absolute Gasteiger partial charge is 0.259 e. The molecule has 0 saturated heterocycles. The lowest BCUT2D eigenvalue weighted by atomic mass is 10.1. The molecule has 134 valence electrons. The molecule has 1 atom stereocenters. The van der Waals surface area contributed by atoms with E-state index >= 15 is 0 Å². The Hall–Kier alpha value is -3.47. The van der Waals surface area contributed by atoms with Crippen LogP contribution in [0.25, 0.3) is 0 Å². The highest BCUT2D eigenvalue weighted by Crippen LogP contribution is 2.34. The summed E-state index contributed by atoms with van der Waals surface area (Å²) >= 11 is 0. The van der Waals surface area contributed by atoms with E-state index in [0.717, 1.165) is 5.56 Å². The van der Waals surface area contributed by atoms with Crippen molar-refractivity contribution in [3.05, 3.63) is 95.8 Å². The second-order valence-corrected chi connectivity index (χ2v) is 6.36. The molecule has 1 N–H and O–H groups in total. The second kappa shape index (κ2) is 7.03. The first kappa shape index (κ1) is 17.0. The maximum Gasteiger partial charge on any atom is 0.259 e. The number of rotatable bonds is 3. The van der Waals surface area contributed by atoms with Crippen LogP contribution in [0.4, 0.5) is 15.8 Å². The predicted octanol–water partition coefficient (Wildman–Crippen LogP) is 4.04. The van der Waals surface area contributed by atoms with Crippen molar-refractivity contribution in [3.8, 4) is 0 Å². The average Bonchev–Trinajstić information content (AvgIpc) is 3.09. The Kier molecular flexibility index (Phi) is 4.42. The van der Waals surface area contributed by atoms with Crippen molar-refractivity contribution in [1.82, 2.24) is 0 Å². The van der Waals surface area contributed by atoms with E-state index in [0.29, 0.717) is 17.7 Å². The van der Waals surface area contributed by atoms with Crippen molar-refractivity contribution in [3.63, 3.8) is 0 Å². The summed E-state index contributed by atoms with van der Waals surface area (Å²) in [5, 5.41) is 2.62. The monoisotopic (exact) mass is 360 g/mol. The van der Waals surface area contributed by atoms with Gasteiger partial charge in [-0.15, -0.1) is 0 Å². The highest BCUT2D eigenvalue weighted by Gasteiger charge is 2.38. The number of benzene rings is 3. The van der Waals surface area contributed by atoms with Gasteiger partial charge in [-0.1, -0.05) is 48.5 Å². The molecule has 27 heavy (non-hydrogen) atoms. The van der Waals surface area contributed by atoms with Gasteiger partial charge in [0.05, 0.1) is 5.69 Å². The van der Waals surface area contributed by atoms with Crippen LogP contribution in [0.2, 0.25) is 0 Å². The summed E-state index contributed by atoms with van der Waals surface area (Å²) < 4.78 is 13.9.